The average Bonchev–Trinajstić information content (AvgIpc) is 3.42. The number of methoxy groups -OCH3 is 1. The normalized spacial score (nSPS) is 16.0. The van der Waals surface area contributed by atoms with Crippen LogP contribution in [0.2, 0.25) is 0 Å². The summed E-state index contributed by atoms with van der Waals surface area (Å²) in [5.41, 5.74) is 1.27. The summed E-state index contributed by atoms with van der Waals surface area (Å²) in [5, 5.41) is 12.3. The third-order valence-corrected chi connectivity index (χ3v) is 4.36. The molecule has 0 radical (unpaired) electrons. The molecule has 0 heterocycles. The molecule has 1 N–H and O–H groups in total. The quantitative estimate of drug-likeness (QED) is 0.923. The van der Waals surface area contributed by atoms with Gasteiger partial charge in [0, 0.05) is 0 Å². The van der Waals surface area contributed by atoms with Gasteiger partial charge in [0.25, 0.3) is 0 Å². The number of nitriles is 1. The van der Waals surface area contributed by atoms with Crippen LogP contribution < -0.4 is 10.1 Å². The van der Waals surface area contributed by atoms with Crippen LogP contribution in [0.1, 0.15) is 30.0 Å². The number of nitrogens with one attached hydrogen (secondary N) is 1. The van der Waals surface area contributed by atoms with Gasteiger partial charge >= 0.3 is 0 Å². The number of rotatable bonds is 5. The third kappa shape index (κ3) is 2.91. The Morgan fingerprint density at radius 3 is 2.35 bits per heavy atom. The lowest BCUT2D eigenvalue weighted by atomic mass is 9.94. The minimum atomic E-state index is -0.626. The molecule has 3 rings (SSSR count). The second-order valence-corrected chi connectivity index (χ2v) is 5.76. The second kappa shape index (κ2) is 6.13. The smallest absolute Gasteiger partial charge is 0.231 e. The number of nitrogens with zero attached hydrogens (tertiary/aromatic N) is 1. The molecule has 23 heavy (non-hydrogen) atoms. The SMILES string of the molecule is COc1ccc(C2(C(=O)NC(C#N)c3ccccc3)CC2)cc1. The number of hydrogen-bond acceptors (Lipinski definition) is 3. The minimum Gasteiger partial charge on any atom is -0.497 e. The number of ether oxygens (including phenoxy) is 1. The molecule has 0 bridgehead atoms. The maximum Gasteiger partial charge on any atom is 0.231 e. The Bertz CT molecular complexity index is 728. The molecule has 0 spiro atoms. The van der Waals surface area contributed by atoms with Gasteiger partial charge in [-0.3, -0.25) is 4.79 Å². The summed E-state index contributed by atoms with van der Waals surface area (Å²) in [5.74, 6) is 0.683. The van der Waals surface area contributed by atoms with Crippen LogP contribution in [0.5, 0.6) is 5.75 Å². The molecule has 1 unspecified atom stereocenters. The van der Waals surface area contributed by atoms with Crippen molar-refractivity contribution < 1.29 is 9.53 Å². The molecular formula is C19H18N2O2. The van der Waals surface area contributed by atoms with Crippen molar-refractivity contribution in [3.8, 4) is 11.8 Å². The first-order valence-electron chi connectivity index (χ1n) is 7.60. The molecule has 4 nitrogen and oxygen atoms in total. The van der Waals surface area contributed by atoms with Crippen LogP contribution in [-0.2, 0) is 10.2 Å². The van der Waals surface area contributed by atoms with Crippen molar-refractivity contribution in [3.63, 3.8) is 0 Å². The van der Waals surface area contributed by atoms with Gasteiger partial charge in [-0.15, -0.1) is 0 Å². The van der Waals surface area contributed by atoms with Crippen LogP contribution in [-0.4, -0.2) is 13.0 Å². The molecule has 1 atom stereocenters. The van der Waals surface area contributed by atoms with Crippen LogP contribution in [0.25, 0.3) is 0 Å². The molecule has 0 aliphatic heterocycles. The molecule has 0 saturated heterocycles. The fraction of sp³-hybridized carbons (Fsp3) is 0.263. The summed E-state index contributed by atoms with van der Waals surface area (Å²) in [6, 6.07) is 18.4. The van der Waals surface area contributed by atoms with Gasteiger partial charge in [0.15, 0.2) is 0 Å². The van der Waals surface area contributed by atoms with E-state index >= 15 is 0 Å². The van der Waals surface area contributed by atoms with E-state index in [1.54, 1.807) is 7.11 Å². The van der Waals surface area contributed by atoms with Crippen LogP contribution >= 0.6 is 0 Å². The molecular weight excluding hydrogens is 288 g/mol. The highest BCUT2D eigenvalue weighted by atomic mass is 16.5. The molecule has 0 aromatic heterocycles. The topological polar surface area (TPSA) is 62.1 Å². The summed E-state index contributed by atoms with van der Waals surface area (Å²) < 4.78 is 5.16. The zero-order valence-electron chi connectivity index (χ0n) is 13.0. The van der Waals surface area contributed by atoms with E-state index in [1.165, 1.54) is 0 Å². The van der Waals surface area contributed by atoms with Gasteiger partial charge in [-0.05, 0) is 36.1 Å². The largest absolute Gasteiger partial charge is 0.497 e. The highest BCUT2D eigenvalue weighted by Crippen LogP contribution is 2.49. The highest BCUT2D eigenvalue weighted by Gasteiger charge is 2.51. The predicted molar refractivity (Wildman–Crippen MR) is 86.8 cm³/mol. The Morgan fingerprint density at radius 2 is 1.83 bits per heavy atom. The molecule has 116 valence electrons. The maximum atomic E-state index is 12.7. The van der Waals surface area contributed by atoms with Crippen molar-refractivity contribution in [2.24, 2.45) is 0 Å². The highest BCUT2D eigenvalue weighted by molar-refractivity contribution is 5.91. The molecule has 2 aromatic rings. The Balaban J connectivity index is 1.78. The molecule has 2 aromatic carbocycles. The van der Waals surface area contributed by atoms with Crippen LogP contribution in [0.4, 0.5) is 0 Å². The lowest BCUT2D eigenvalue weighted by Gasteiger charge is -2.19. The van der Waals surface area contributed by atoms with Crippen molar-refractivity contribution in [1.29, 1.82) is 5.26 Å². The van der Waals surface area contributed by atoms with E-state index < -0.39 is 11.5 Å². The van der Waals surface area contributed by atoms with Gasteiger partial charge in [0.2, 0.25) is 5.91 Å². The predicted octanol–water partition coefficient (Wildman–Crippen LogP) is 3.11. The van der Waals surface area contributed by atoms with E-state index in [0.29, 0.717) is 0 Å². The van der Waals surface area contributed by atoms with E-state index in [4.69, 9.17) is 4.74 Å². The Labute approximate surface area is 135 Å². The number of hydrogen-bond donors (Lipinski definition) is 1. The van der Waals surface area contributed by atoms with Gasteiger partial charge in [-0.1, -0.05) is 42.5 Å². The summed E-state index contributed by atoms with van der Waals surface area (Å²) in [6.07, 6.45) is 1.61. The van der Waals surface area contributed by atoms with Gasteiger partial charge in [0.1, 0.15) is 11.8 Å². The number of amides is 1. The standard InChI is InChI=1S/C19H18N2O2/c1-23-16-9-7-15(8-10-16)19(11-12-19)18(22)21-17(13-20)14-5-3-2-4-6-14/h2-10,17H,11-12H2,1H3,(H,21,22). The average molecular weight is 306 g/mol. The summed E-state index contributed by atoms with van der Waals surface area (Å²) in [6.45, 7) is 0. The fourth-order valence-corrected chi connectivity index (χ4v) is 2.79. The number of carbonyl (C=O) groups is 1. The summed E-state index contributed by atoms with van der Waals surface area (Å²) >= 11 is 0. The molecule has 1 aliphatic rings. The van der Waals surface area contributed by atoms with Gasteiger partial charge in [0.05, 0.1) is 18.6 Å². The van der Waals surface area contributed by atoms with Crippen molar-refractivity contribution in [2.45, 2.75) is 24.3 Å². The maximum absolute atomic E-state index is 12.7. The van der Waals surface area contributed by atoms with Crippen molar-refractivity contribution in [3.05, 3.63) is 65.7 Å². The third-order valence-electron chi connectivity index (χ3n) is 4.36. The summed E-state index contributed by atoms with van der Waals surface area (Å²) in [4.78, 5) is 12.7. The number of carbonyl (C=O) groups excluding carboxylic acids is 1. The molecule has 4 heteroatoms. The van der Waals surface area contributed by atoms with Gasteiger partial charge in [-0.2, -0.15) is 5.26 Å². The van der Waals surface area contributed by atoms with E-state index in [1.807, 2.05) is 54.6 Å². The number of benzene rings is 2. The van der Waals surface area contributed by atoms with Crippen molar-refractivity contribution >= 4 is 5.91 Å². The van der Waals surface area contributed by atoms with Gasteiger partial charge in [-0.25, -0.2) is 0 Å². The molecule has 1 amide bonds. The lowest BCUT2D eigenvalue weighted by Crippen LogP contribution is -2.36. The van der Waals surface area contributed by atoms with Crippen LogP contribution in [0.15, 0.2) is 54.6 Å². The lowest BCUT2D eigenvalue weighted by molar-refractivity contribution is -0.124. The molecule has 1 aliphatic carbocycles. The second-order valence-electron chi connectivity index (χ2n) is 5.76. The Kier molecular flexibility index (Phi) is 4.03. The Morgan fingerprint density at radius 1 is 1.17 bits per heavy atom. The van der Waals surface area contributed by atoms with Crippen LogP contribution in [0.3, 0.4) is 0 Å². The summed E-state index contributed by atoms with van der Waals surface area (Å²) in [7, 11) is 1.62. The van der Waals surface area contributed by atoms with Crippen molar-refractivity contribution in [1.82, 2.24) is 5.32 Å². The van der Waals surface area contributed by atoms with E-state index in [2.05, 4.69) is 11.4 Å². The first-order chi connectivity index (χ1) is 11.2. The molecule has 1 saturated carbocycles. The first kappa shape index (κ1) is 15.1. The molecule has 1 fully saturated rings. The zero-order chi connectivity index (χ0) is 16.3. The van der Waals surface area contributed by atoms with E-state index in [0.717, 1.165) is 29.7 Å². The Hall–Kier alpha value is -2.80. The van der Waals surface area contributed by atoms with E-state index in [9.17, 15) is 10.1 Å². The van der Waals surface area contributed by atoms with Crippen LogP contribution in [0, 0.1) is 11.3 Å². The van der Waals surface area contributed by atoms with Crippen molar-refractivity contribution in [2.75, 3.05) is 7.11 Å². The van der Waals surface area contributed by atoms with E-state index in [-0.39, 0.29) is 5.91 Å². The van der Waals surface area contributed by atoms with Gasteiger partial charge < -0.3 is 10.1 Å². The monoisotopic (exact) mass is 306 g/mol. The minimum absolute atomic E-state index is 0.0851. The first-order valence-corrected chi connectivity index (χ1v) is 7.60. The fourth-order valence-electron chi connectivity index (χ4n) is 2.79. The zero-order valence-corrected chi connectivity index (χ0v) is 13.0.